The second-order valence-electron chi connectivity index (χ2n) is 6.47. The highest BCUT2D eigenvalue weighted by Crippen LogP contribution is 2.33. The summed E-state index contributed by atoms with van der Waals surface area (Å²) in [5.74, 6) is 2.00. The van der Waals surface area contributed by atoms with Crippen LogP contribution in [0.2, 0.25) is 0 Å². The van der Waals surface area contributed by atoms with Crippen LogP contribution in [0.4, 0.5) is 5.69 Å². The van der Waals surface area contributed by atoms with Gasteiger partial charge in [-0.15, -0.1) is 0 Å². The van der Waals surface area contributed by atoms with E-state index in [4.69, 9.17) is 18.4 Å². The maximum absolute atomic E-state index is 13.3. The quantitative estimate of drug-likeness (QED) is 0.501. The Balaban J connectivity index is 1.47. The molecule has 0 aliphatic carbocycles. The van der Waals surface area contributed by atoms with E-state index < -0.39 is 0 Å². The van der Waals surface area contributed by atoms with Crippen molar-refractivity contribution in [1.82, 2.24) is 5.16 Å². The molecule has 3 heterocycles. The SMILES string of the molecule is O=C(c1cc(-c2ccco2)on1)N(Cc1ccc2c(c1)OCO2)c1ccccc1. The zero-order chi connectivity index (χ0) is 19.6. The molecule has 2 aromatic carbocycles. The molecule has 1 aliphatic heterocycles. The number of nitrogens with zero attached hydrogens (tertiary/aromatic N) is 2. The van der Waals surface area contributed by atoms with E-state index in [1.165, 1.54) is 6.26 Å². The number of rotatable bonds is 5. The van der Waals surface area contributed by atoms with Crippen LogP contribution in [0.25, 0.3) is 11.5 Å². The van der Waals surface area contributed by atoms with Crippen molar-refractivity contribution in [2.45, 2.75) is 6.54 Å². The number of amides is 1. The molecular weight excluding hydrogens is 372 g/mol. The highest BCUT2D eigenvalue weighted by molar-refractivity contribution is 6.05. The Bertz CT molecular complexity index is 1140. The van der Waals surface area contributed by atoms with E-state index in [9.17, 15) is 4.79 Å². The van der Waals surface area contributed by atoms with Crippen LogP contribution in [-0.2, 0) is 6.54 Å². The largest absolute Gasteiger partial charge is 0.461 e. The highest BCUT2D eigenvalue weighted by Gasteiger charge is 2.24. The van der Waals surface area contributed by atoms with Gasteiger partial charge in [-0.05, 0) is 42.0 Å². The summed E-state index contributed by atoms with van der Waals surface area (Å²) in [5.41, 5.74) is 1.85. The standard InChI is InChI=1S/C22H16N2O5/c25-22(17-12-21(29-23-17)18-7-4-10-26-18)24(16-5-2-1-3-6-16)13-15-8-9-19-20(11-15)28-14-27-19/h1-12H,13-14H2. The van der Waals surface area contributed by atoms with Gasteiger partial charge >= 0.3 is 0 Å². The molecule has 1 aliphatic rings. The number of fused-ring (bicyclic) bond motifs is 1. The number of carbonyl (C=O) groups is 1. The van der Waals surface area contributed by atoms with Gasteiger partial charge < -0.3 is 23.3 Å². The van der Waals surface area contributed by atoms with Crippen LogP contribution in [-0.4, -0.2) is 17.9 Å². The summed E-state index contributed by atoms with van der Waals surface area (Å²) in [5, 5.41) is 3.95. The van der Waals surface area contributed by atoms with Gasteiger partial charge in [0.15, 0.2) is 23.0 Å². The van der Waals surface area contributed by atoms with Crippen molar-refractivity contribution in [2.24, 2.45) is 0 Å². The summed E-state index contributed by atoms with van der Waals surface area (Å²) in [4.78, 5) is 14.9. The molecule has 0 spiro atoms. The lowest BCUT2D eigenvalue weighted by molar-refractivity contribution is 0.0976. The van der Waals surface area contributed by atoms with Crippen LogP contribution in [0.15, 0.2) is 81.9 Å². The van der Waals surface area contributed by atoms with E-state index in [-0.39, 0.29) is 18.4 Å². The van der Waals surface area contributed by atoms with Crippen molar-refractivity contribution in [2.75, 3.05) is 11.7 Å². The number of carbonyl (C=O) groups excluding carboxylic acids is 1. The van der Waals surface area contributed by atoms with E-state index >= 15 is 0 Å². The first-order valence-corrected chi connectivity index (χ1v) is 9.04. The molecule has 0 saturated carbocycles. The summed E-state index contributed by atoms with van der Waals surface area (Å²) < 4.78 is 21.4. The topological polar surface area (TPSA) is 77.9 Å². The minimum absolute atomic E-state index is 0.195. The molecule has 0 fully saturated rings. The molecule has 0 saturated heterocycles. The fourth-order valence-electron chi connectivity index (χ4n) is 3.16. The van der Waals surface area contributed by atoms with Gasteiger partial charge in [-0.3, -0.25) is 4.79 Å². The van der Waals surface area contributed by atoms with Gasteiger partial charge in [-0.2, -0.15) is 0 Å². The number of hydrogen-bond acceptors (Lipinski definition) is 6. The Morgan fingerprint density at radius 1 is 0.931 bits per heavy atom. The van der Waals surface area contributed by atoms with Crippen LogP contribution >= 0.6 is 0 Å². The molecule has 144 valence electrons. The molecule has 4 aromatic rings. The number of para-hydroxylation sites is 1. The van der Waals surface area contributed by atoms with Crippen molar-refractivity contribution in [1.29, 1.82) is 0 Å². The number of ether oxygens (including phenoxy) is 2. The van der Waals surface area contributed by atoms with Crippen LogP contribution < -0.4 is 14.4 Å². The highest BCUT2D eigenvalue weighted by atomic mass is 16.7. The molecule has 0 N–H and O–H groups in total. The summed E-state index contributed by atoms with van der Waals surface area (Å²) in [6.07, 6.45) is 1.54. The monoisotopic (exact) mass is 388 g/mol. The number of anilines is 1. The van der Waals surface area contributed by atoms with Crippen molar-refractivity contribution < 1.29 is 23.2 Å². The van der Waals surface area contributed by atoms with Crippen molar-refractivity contribution >= 4 is 11.6 Å². The molecule has 29 heavy (non-hydrogen) atoms. The van der Waals surface area contributed by atoms with Gasteiger partial charge in [0.1, 0.15) is 0 Å². The van der Waals surface area contributed by atoms with Crippen molar-refractivity contribution in [3.63, 3.8) is 0 Å². The number of hydrogen-bond donors (Lipinski definition) is 0. The normalized spacial score (nSPS) is 12.1. The maximum atomic E-state index is 13.3. The molecule has 7 nitrogen and oxygen atoms in total. The third kappa shape index (κ3) is 3.34. The summed E-state index contributed by atoms with van der Waals surface area (Å²) in [6.45, 7) is 0.539. The number of benzene rings is 2. The van der Waals surface area contributed by atoms with Crippen molar-refractivity contribution in [3.05, 3.63) is 84.3 Å². The summed E-state index contributed by atoms with van der Waals surface area (Å²) in [7, 11) is 0. The second kappa shape index (κ2) is 7.20. The lowest BCUT2D eigenvalue weighted by atomic mass is 10.1. The first kappa shape index (κ1) is 17.1. The van der Waals surface area contributed by atoms with Crippen molar-refractivity contribution in [3.8, 4) is 23.0 Å². The minimum atomic E-state index is -0.282. The van der Waals surface area contributed by atoms with Gasteiger partial charge in [-0.25, -0.2) is 0 Å². The molecular formula is C22H16N2O5. The van der Waals surface area contributed by atoms with E-state index in [1.807, 2.05) is 48.5 Å². The first-order chi connectivity index (χ1) is 14.3. The van der Waals surface area contributed by atoms with Crippen LogP contribution in [0.5, 0.6) is 11.5 Å². The molecule has 5 rings (SSSR count). The fraction of sp³-hybridized carbons (Fsp3) is 0.0909. The Morgan fingerprint density at radius 2 is 1.79 bits per heavy atom. The van der Waals surface area contributed by atoms with Crippen LogP contribution in [0.3, 0.4) is 0 Å². The molecule has 0 bridgehead atoms. The zero-order valence-corrected chi connectivity index (χ0v) is 15.3. The Morgan fingerprint density at radius 3 is 2.62 bits per heavy atom. The zero-order valence-electron chi connectivity index (χ0n) is 15.3. The average Bonchev–Trinajstić information content (AvgIpc) is 3.52. The van der Waals surface area contributed by atoms with Crippen LogP contribution in [0.1, 0.15) is 16.1 Å². The lowest BCUT2D eigenvalue weighted by Gasteiger charge is -2.22. The summed E-state index contributed by atoms with van der Waals surface area (Å²) in [6, 6.07) is 20.1. The molecule has 7 heteroatoms. The fourth-order valence-corrected chi connectivity index (χ4v) is 3.16. The number of furan rings is 1. The van der Waals surface area contributed by atoms with Gasteiger partial charge in [0.05, 0.1) is 12.8 Å². The predicted molar refractivity (Wildman–Crippen MR) is 104 cm³/mol. The van der Waals surface area contributed by atoms with Gasteiger partial charge in [0, 0.05) is 11.8 Å². The van der Waals surface area contributed by atoms with Gasteiger partial charge in [0.2, 0.25) is 12.6 Å². The van der Waals surface area contributed by atoms with Crippen LogP contribution in [0, 0.1) is 0 Å². The molecule has 1 amide bonds. The average molecular weight is 388 g/mol. The second-order valence-corrected chi connectivity index (χ2v) is 6.47. The summed E-state index contributed by atoms with van der Waals surface area (Å²) >= 11 is 0. The number of aromatic nitrogens is 1. The van der Waals surface area contributed by atoms with Gasteiger partial charge in [0.25, 0.3) is 5.91 Å². The van der Waals surface area contributed by atoms with E-state index in [2.05, 4.69) is 5.16 Å². The van der Waals surface area contributed by atoms with E-state index in [0.29, 0.717) is 29.6 Å². The van der Waals surface area contributed by atoms with Gasteiger partial charge in [-0.1, -0.05) is 29.4 Å². The third-order valence-electron chi connectivity index (χ3n) is 4.58. The minimum Gasteiger partial charge on any atom is -0.461 e. The Labute approximate surface area is 166 Å². The molecule has 0 unspecified atom stereocenters. The lowest BCUT2D eigenvalue weighted by Crippen LogP contribution is -2.30. The van der Waals surface area contributed by atoms with E-state index in [0.717, 1.165) is 11.3 Å². The smallest absolute Gasteiger partial charge is 0.280 e. The van der Waals surface area contributed by atoms with E-state index in [1.54, 1.807) is 23.1 Å². The third-order valence-corrected chi connectivity index (χ3v) is 4.58. The Hall–Kier alpha value is -4.00. The maximum Gasteiger partial charge on any atom is 0.280 e. The molecule has 0 atom stereocenters. The molecule has 0 radical (unpaired) electrons. The predicted octanol–water partition coefficient (Wildman–Crippen LogP) is 4.51. The molecule has 2 aromatic heterocycles. The Kier molecular flexibility index (Phi) is 4.25. The first-order valence-electron chi connectivity index (χ1n) is 9.04.